The average molecular weight is 378 g/mol. The number of methoxy groups -OCH3 is 1. The third kappa shape index (κ3) is 5.47. The number of carbonyl (C=O) groups excluding carboxylic acids is 1. The molecule has 1 aromatic carbocycles. The number of sulfonamides is 1. The highest BCUT2D eigenvalue weighted by Crippen LogP contribution is 2.22. The lowest BCUT2D eigenvalue weighted by Gasteiger charge is -2.16. The van der Waals surface area contributed by atoms with Gasteiger partial charge < -0.3 is 9.84 Å². The molecule has 134 valence electrons. The molecule has 0 fully saturated rings. The van der Waals surface area contributed by atoms with Crippen LogP contribution in [0.15, 0.2) is 23.1 Å². The van der Waals surface area contributed by atoms with Crippen LogP contribution in [0, 0.1) is 11.8 Å². The molecule has 0 amide bonds. The molecule has 0 saturated heterocycles. The summed E-state index contributed by atoms with van der Waals surface area (Å²) < 4.78 is 31.7. The second-order valence-corrected chi connectivity index (χ2v) is 7.82. The Balaban J connectivity index is 3.10. The summed E-state index contributed by atoms with van der Waals surface area (Å²) in [5, 5.41) is 9.31. The van der Waals surface area contributed by atoms with Crippen molar-refractivity contribution >= 4 is 33.6 Å². The van der Waals surface area contributed by atoms with Gasteiger partial charge in [-0.15, -0.1) is 0 Å². The van der Waals surface area contributed by atoms with Gasteiger partial charge in [-0.3, -0.25) is 4.79 Å². The molecule has 0 radical (unpaired) electrons. The molecule has 0 spiro atoms. The van der Waals surface area contributed by atoms with E-state index in [1.165, 1.54) is 12.1 Å². The van der Waals surface area contributed by atoms with Crippen LogP contribution >= 0.6 is 11.6 Å². The Morgan fingerprint density at radius 1 is 1.33 bits per heavy atom. The Bertz CT molecular complexity index is 717. The van der Waals surface area contributed by atoms with Crippen molar-refractivity contribution in [2.45, 2.75) is 25.2 Å². The topological polar surface area (TPSA) is 110 Å². The van der Waals surface area contributed by atoms with Crippen molar-refractivity contribution in [1.29, 1.82) is 0 Å². The number of benzene rings is 1. The van der Waals surface area contributed by atoms with Crippen LogP contribution in [0.25, 0.3) is 0 Å². The number of rotatable bonds is 8. The number of aliphatic carboxylic acids is 1. The van der Waals surface area contributed by atoms with Gasteiger partial charge in [-0.1, -0.05) is 25.4 Å². The number of carboxylic acids is 1. The van der Waals surface area contributed by atoms with Crippen LogP contribution in [-0.4, -0.2) is 39.1 Å². The molecule has 0 heterocycles. The van der Waals surface area contributed by atoms with Crippen LogP contribution in [0.2, 0.25) is 5.02 Å². The first-order valence-electron chi connectivity index (χ1n) is 7.18. The van der Waals surface area contributed by atoms with Crippen LogP contribution in [0.5, 0.6) is 0 Å². The van der Waals surface area contributed by atoms with E-state index in [1.54, 1.807) is 0 Å². The lowest BCUT2D eigenvalue weighted by molar-refractivity contribution is -0.142. The molecule has 1 aromatic rings. The van der Waals surface area contributed by atoms with Crippen molar-refractivity contribution in [1.82, 2.24) is 4.72 Å². The van der Waals surface area contributed by atoms with Crippen LogP contribution in [0.1, 0.15) is 30.6 Å². The third-order valence-corrected chi connectivity index (χ3v) is 4.96. The van der Waals surface area contributed by atoms with Crippen molar-refractivity contribution in [3.8, 4) is 0 Å². The van der Waals surface area contributed by atoms with E-state index in [-0.39, 0.29) is 27.9 Å². The smallest absolute Gasteiger partial charge is 0.339 e. The second-order valence-electron chi connectivity index (χ2n) is 5.65. The van der Waals surface area contributed by atoms with Gasteiger partial charge in [0.15, 0.2) is 0 Å². The fourth-order valence-electron chi connectivity index (χ4n) is 2.13. The summed E-state index contributed by atoms with van der Waals surface area (Å²) in [5.74, 6) is -2.71. The van der Waals surface area contributed by atoms with Crippen LogP contribution in [-0.2, 0) is 19.6 Å². The molecular weight excluding hydrogens is 358 g/mol. The molecule has 0 aliphatic rings. The monoisotopic (exact) mass is 377 g/mol. The molecule has 7 nitrogen and oxygen atoms in total. The maximum Gasteiger partial charge on any atom is 0.339 e. The predicted octanol–water partition coefficient (Wildman–Crippen LogP) is 2.15. The fraction of sp³-hybridized carbons (Fsp3) is 0.467. The van der Waals surface area contributed by atoms with Gasteiger partial charge >= 0.3 is 11.9 Å². The van der Waals surface area contributed by atoms with E-state index in [4.69, 9.17) is 11.6 Å². The minimum Gasteiger partial charge on any atom is -0.481 e. The number of ether oxygens (including phenoxy) is 1. The second kappa shape index (κ2) is 8.46. The third-order valence-electron chi connectivity index (χ3n) is 3.26. The van der Waals surface area contributed by atoms with Crippen molar-refractivity contribution in [3.63, 3.8) is 0 Å². The van der Waals surface area contributed by atoms with Crippen molar-refractivity contribution in [3.05, 3.63) is 28.8 Å². The van der Waals surface area contributed by atoms with Gasteiger partial charge in [-0.25, -0.2) is 17.9 Å². The molecule has 1 rings (SSSR count). The zero-order valence-corrected chi connectivity index (χ0v) is 15.1. The SMILES string of the molecule is COC(=O)c1ccc(Cl)cc1S(=O)(=O)NCC(CC(C)C)C(=O)O. The summed E-state index contributed by atoms with van der Waals surface area (Å²) in [6, 6.07) is 3.73. The number of carbonyl (C=O) groups is 2. The fourth-order valence-corrected chi connectivity index (χ4v) is 3.66. The van der Waals surface area contributed by atoms with E-state index in [0.717, 1.165) is 13.2 Å². The lowest BCUT2D eigenvalue weighted by Crippen LogP contribution is -2.34. The molecule has 0 aromatic heterocycles. The molecular formula is C15H20ClNO6S. The van der Waals surface area contributed by atoms with E-state index in [0.29, 0.717) is 6.42 Å². The molecule has 0 aliphatic heterocycles. The molecule has 1 atom stereocenters. The summed E-state index contributed by atoms with van der Waals surface area (Å²) >= 11 is 5.81. The van der Waals surface area contributed by atoms with E-state index in [1.807, 2.05) is 13.8 Å². The quantitative estimate of drug-likeness (QED) is 0.672. The number of halogens is 1. The Hall–Kier alpha value is -1.64. The Kier molecular flexibility index (Phi) is 7.19. The summed E-state index contributed by atoms with van der Waals surface area (Å²) in [4.78, 5) is 22.6. The number of hydrogen-bond acceptors (Lipinski definition) is 5. The number of nitrogens with one attached hydrogen (secondary N) is 1. The summed E-state index contributed by atoms with van der Waals surface area (Å²) in [6.07, 6.45) is 0.317. The van der Waals surface area contributed by atoms with Crippen LogP contribution < -0.4 is 4.72 Å². The molecule has 0 bridgehead atoms. The minimum absolute atomic E-state index is 0.0902. The zero-order chi connectivity index (χ0) is 18.5. The van der Waals surface area contributed by atoms with E-state index < -0.39 is 27.9 Å². The highest BCUT2D eigenvalue weighted by Gasteiger charge is 2.26. The Morgan fingerprint density at radius 3 is 2.46 bits per heavy atom. The van der Waals surface area contributed by atoms with Crippen molar-refractivity contribution in [2.75, 3.05) is 13.7 Å². The van der Waals surface area contributed by atoms with Crippen LogP contribution in [0.3, 0.4) is 0 Å². The normalized spacial score (nSPS) is 12.9. The van der Waals surface area contributed by atoms with Gasteiger partial charge in [0, 0.05) is 11.6 Å². The van der Waals surface area contributed by atoms with Gasteiger partial charge in [-0.2, -0.15) is 0 Å². The zero-order valence-electron chi connectivity index (χ0n) is 13.6. The first-order chi connectivity index (χ1) is 11.1. The minimum atomic E-state index is -4.13. The molecule has 0 aliphatic carbocycles. The predicted molar refractivity (Wildman–Crippen MR) is 88.6 cm³/mol. The number of carboxylic acid groups (broad SMARTS) is 1. The van der Waals surface area contributed by atoms with Gasteiger partial charge in [0.2, 0.25) is 10.0 Å². The van der Waals surface area contributed by atoms with Crippen molar-refractivity contribution in [2.24, 2.45) is 11.8 Å². The van der Waals surface area contributed by atoms with Crippen molar-refractivity contribution < 1.29 is 27.9 Å². The van der Waals surface area contributed by atoms with Gasteiger partial charge in [0.25, 0.3) is 0 Å². The molecule has 2 N–H and O–H groups in total. The van der Waals surface area contributed by atoms with Gasteiger partial charge in [-0.05, 0) is 30.5 Å². The maximum atomic E-state index is 12.5. The Morgan fingerprint density at radius 2 is 1.96 bits per heavy atom. The first-order valence-corrected chi connectivity index (χ1v) is 9.05. The molecule has 0 saturated carbocycles. The first kappa shape index (κ1) is 20.4. The molecule has 24 heavy (non-hydrogen) atoms. The van der Waals surface area contributed by atoms with Gasteiger partial charge in [0.05, 0.1) is 23.5 Å². The summed E-state index contributed by atoms with van der Waals surface area (Å²) in [6.45, 7) is 3.40. The van der Waals surface area contributed by atoms with Gasteiger partial charge in [0.1, 0.15) is 0 Å². The Labute approximate surface area is 146 Å². The molecule has 1 unspecified atom stereocenters. The summed E-state index contributed by atoms with van der Waals surface area (Å²) in [7, 11) is -3.00. The van der Waals surface area contributed by atoms with E-state index in [9.17, 15) is 23.1 Å². The maximum absolute atomic E-state index is 12.5. The highest BCUT2D eigenvalue weighted by atomic mass is 35.5. The number of hydrogen-bond donors (Lipinski definition) is 2. The van der Waals surface area contributed by atoms with E-state index in [2.05, 4.69) is 9.46 Å². The summed E-state index contributed by atoms with van der Waals surface area (Å²) in [5.41, 5.74) is -0.176. The van der Waals surface area contributed by atoms with E-state index >= 15 is 0 Å². The average Bonchev–Trinajstić information content (AvgIpc) is 2.50. The molecule has 9 heteroatoms. The lowest BCUT2D eigenvalue weighted by atomic mass is 9.98. The van der Waals surface area contributed by atoms with Crippen LogP contribution in [0.4, 0.5) is 0 Å². The largest absolute Gasteiger partial charge is 0.481 e. The standard InChI is InChI=1S/C15H20ClNO6S/c1-9(2)6-10(14(18)19)8-17-24(21,22)13-7-11(16)4-5-12(13)15(20)23-3/h4-5,7,9-10,17H,6,8H2,1-3H3,(H,18,19). The number of esters is 1. The highest BCUT2D eigenvalue weighted by molar-refractivity contribution is 7.89.